The van der Waals surface area contributed by atoms with E-state index in [1.165, 1.54) is 0 Å². The van der Waals surface area contributed by atoms with Gasteiger partial charge in [-0.1, -0.05) is 24.3 Å². The molecule has 0 aromatic heterocycles. The molecule has 0 saturated carbocycles. The topological polar surface area (TPSA) is 46.2 Å². The van der Waals surface area contributed by atoms with E-state index in [9.17, 15) is 5.11 Å². The molecule has 56 valence electrons. The van der Waals surface area contributed by atoms with E-state index < -0.39 is 0 Å². The number of hydrogen-bond acceptors (Lipinski definition) is 2. The van der Waals surface area contributed by atoms with Crippen LogP contribution in [0.1, 0.15) is 17.2 Å². The Balaban J connectivity index is 2.58. The van der Waals surface area contributed by atoms with Crippen LogP contribution in [0.2, 0.25) is 0 Å². The third kappa shape index (κ3) is 0.835. The predicted molar refractivity (Wildman–Crippen MR) is 44.0 cm³/mol. The zero-order chi connectivity index (χ0) is 7.84. The second-order valence-electron chi connectivity index (χ2n) is 2.68. The summed E-state index contributed by atoms with van der Waals surface area (Å²) in [6.45, 7) is 0. The molecule has 0 saturated heterocycles. The highest BCUT2D eigenvalue weighted by atomic mass is 16.3. The molecule has 0 spiro atoms. The van der Waals surface area contributed by atoms with Gasteiger partial charge in [-0.25, -0.2) is 0 Å². The lowest BCUT2D eigenvalue weighted by Crippen LogP contribution is -2.09. The van der Waals surface area contributed by atoms with Gasteiger partial charge in [0.1, 0.15) is 5.76 Å². The second kappa shape index (κ2) is 2.10. The maximum absolute atomic E-state index is 9.26. The fourth-order valence-corrected chi connectivity index (χ4v) is 1.33. The Hall–Kier alpha value is -1.28. The van der Waals surface area contributed by atoms with Crippen LogP contribution in [0.3, 0.4) is 0 Å². The van der Waals surface area contributed by atoms with Crippen LogP contribution < -0.4 is 5.73 Å². The summed E-state index contributed by atoms with van der Waals surface area (Å²) >= 11 is 0. The quantitative estimate of drug-likeness (QED) is 0.585. The Bertz CT molecular complexity index is 317. The number of fused-ring (bicyclic) bond motifs is 1. The minimum Gasteiger partial charge on any atom is -0.510 e. The molecule has 1 unspecified atom stereocenters. The van der Waals surface area contributed by atoms with E-state index in [0.29, 0.717) is 0 Å². The van der Waals surface area contributed by atoms with E-state index in [1.54, 1.807) is 6.08 Å². The summed E-state index contributed by atoms with van der Waals surface area (Å²) in [4.78, 5) is 0. The molecule has 1 aromatic rings. The molecule has 2 heteroatoms. The molecule has 2 rings (SSSR count). The van der Waals surface area contributed by atoms with E-state index in [1.807, 2.05) is 24.3 Å². The molecule has 0 amide bonds. The van der Waals surface area contributed by atoms with Crippen LogP contribution in [-0.4, -0.2) is 5.11 Å². The van der Waals surface area contributed by atoms with Crippen molar-refractivity contribution in [3.05, 3.63) is 41.2 Å². The van der Waals surface area contributed by atoms with Crippen molar-refractivity contribution in [1.29, 1.82) is 0 Å². The molecule has 1 aliphatic rings. The van der Waals surface area contributed by atoms with Gasteiger partial charge in [0.05, 0.1) is 6.04 Å². The molecule has 1 atom stereocenters. The maximum Gasteiger partial charge on any atom is 0.114 e. The molecule has 0 fully saturated rings. The summed E-state index contributed by atoms with van der Waals surface area (Å²) in [5, 5.41) is 9.26. The predicted octanol–water partition coefficient (Wildman–Crippen LogP) is 1.60. The minimum absolute atomic E-state index is 0.256. The van der Waals surface area contributed by atoms with Gasteiger partial charge in [-0.3, -0.25) is 0 Å². The highest BCUT2D eigenvalue weighted by Crippen LogP contribution is 2.29. The van der Waals surface area contributed by atoms with Crippen molar-refractivity contribution in [2.45, 2.75) is 6.04 Å². The number of hydrogen-bond donors (Lipinski definition) is 2. The third-order valence-corrected chi connectivity index (χ3v) is 1.95. The van der Waals surface area contributed by atoms with Crippen LogP contribution in [-0.2, 0) is 0 Å². The summed E-state index contributed by atoms with van der Waals surface area (Å²) in [6.07, 6.45) is 1.71. The van der Waals surface area contributed by atoms with Gasteiger partial charge in [0.2, 0.25) is 0 Å². The first kappa shape index (κ1) is 6.43. The molecule has 1 aromatic carbocycles. The molecule has 0 aliphatic heterocycles. The summed E-state index contributed by atoms with van der Waals surface area (Å²) in [5.41, 5.74) is 7.70. The number of rotatable bonds is 0. The van der Waals surface area contributed by atoms with Crippen LogP contribution in [0.25, 0.3) is 6.08 Å². The first-order chi connectivity index (χ1) is 5.29. The van der Waals surface area contributed by atoms with Gasteiger partial charge in [0, 0.05) is 0 Å². The van der Waals surface area contributed by atoms with Crippen molar-refractivity contribution in [2.75, 3.05) is 0 Å². The summed E-state index contributed by atoms with van der Waals surface area (Å²) in [6, 6.07) is 7.41. The van der Waals surface area contributed by atoms with Gasteiger partial charge in [0.15, 0.2) is 0 Å². The standard InChI is InChI=1S/C9H9NO/c10-9-7-4-2-1-3-6(7)5-8(9)11/h1-5,9,11H,10H2. The first-order valence-corrected chi connectivity index (χ1v) is 3.54. The summed E-state index contributed by atoms with van der Waals surface area (Å²) in [5.74, 6) is 0.256. The number of benzene rings is 1. The van der Waals surface area contributed by atoms with Gasteiger partial charge in [-0.05, 0) is 17.2 Å². The average Bonchev–Trinajstić information content (AvgIpc) is 2.30. The Kier molecular flexibility index (Phi) is 1.23. The molecule has 0 heterocycles. The first-order valence-electron chi connectivity index (χ1n) is 3.54. The molecule has 11 heavy (non-hydrogen) atoms. The van der Waals surface area contributed by atoms with Crippen molar-refractivity contribution in [1.82, 2.24) is 0 Å². The minimum atomic E-state index is -0.314. The Morgan fingerprint density at radius 2 is 2.00 bits per heavy atom. The monoisotopic (exact) mass is 147 g/mol. The van der Waals surface area contributed by atoms with E-state index >= 15 is 0 Å². The summed E-state index contributed by atoms with van der Waals surface area (Å²) < 4.78 is 0. The fraction of sp³-hybridized carbons (Fsp3) is 0.111. The smallest absolute Gasteiger partial charge is 0.114 e. The van der Waals surface area contributed by atoms with Crippen LogP contribution in [0.15, 0.2) is 30.0 Å². The number of nitrogens with two attached hydrogens (primary N) is 1. The van der Waals surface area contributed by atoms with Crippen molar-refractivity contribution >= 4 is 6.08 Å². The van der Waals surface area contributed by atoms with Gasteiger partial charge >= 0.3 is 0 Å². The van der Waals surface area contributed by atoms with Gasteiger partial charge < -0.3 is 10.8 Å². The van der Waals surface area contributed by atoms with Crippen molar-refractivity contribution < 1.29 is 5.11 Å². The van der Waals surface area contributed by atoms with Crippen molar-refractivity contribution in [2.24, 2.45) is 5.73 Å². The maximum atomic E-state index is 9.26. The van der Waals surface area contributed by atoms with Crippen LogP contribution in [0, 0.1) is 0 Å². The highest BCUT2D eigenvalue weighted by Gasteiger charge is 2.19. The van der Waals surface area contributed by atoms with Gasteiger partial charge in [-0.2, -0.15) is 0 Å². The number of aliphatic hydroxyl groups is 1. The Morgan fingerprint density at radius 1 is 1.27 bits per heavy atom. The third-order valence-electron chi connectivity index (χ3n) is 1.95. The van der Waals surface area contributed by atoms with Crippen LogP contribution >= 0.6 is 0 Å². The zero-order valence-corrected chi connectivity index (χ0v) is 5.99. The summed E-state index contributed by atoms with van der Waals surface area (Å²) in [7, 11) is 0. The lowest BCUT2D eigenvalue weighted by atomic mass is 10.1. The second-order valence-corrected chi connectivity index (χ2v) is 2.68. The molecular weight excluding hydrogens is 138 g/mol. The van der Waals surface area contributed by atoms with E-state index in [2.05, 4.69) is 0 Å². The number of aliphatic hydroxyl groups excluding tert-OH is 1. The van der Waals surface area contributed by atoms with Crippen LogP contribution in [0.5, 0.6) is 0 Å². The molecule has 3 N–H and O–H groups in total. The van der Waals surface area contributed by atoms with Gasteiger partial charge in [-0.15, -0.1) is 0 Å². The van der Waals surface area contributed by atoms with E-state index in [4.69, 9.17) is 5.73 Å². The average molecular weight is 147 g/mol. The lowest BCUT2D eigenvalue weighted by Gasteiger charge is -2.04. The van der Waals surface area contributed by atoms with E-state index in [-0.39, 0.29) is 11.8 Å². The highest BCUT2D eigenvalue weighted by molar-refractivity contribution is 5.63. The Labute approximate surface area is 65.0 Å². The van der Waals surface area contributed by atoms with Crippen LogP contribution in [0.4, 0.5) is 0 Å². The molecule has 0 radical (unpaired) electrons. The zero-order valence-electron chi connectivity index (χ0n) is 5.99. The van der Waals surface area contributed by atoms with Crippen molar-refractivity contribution in [3.63, 3.8) is 0 Å². The molecule has 2 nitrogen and oxygen atoms in total. The lowest BCUT2D eigenvalue weighted by molar-refractivity contribution is 0.380. The Morgan fingerprint density at radius 3 is 2.73 bits per heavy atom. The molecule has 1 aliphatic carbocycles. The SMILES string of the molecule is NC1C(O)=Cc2ccccc21. The molecular formula is C9H9NO. The van der Waals surface area contributed by atoms with Crippen molar-refractivity contribution in [3.8, 4) is 0 Å². The van der Waals surface area contributed by atoms with Gasteiger partial charge in [0.25, 0.3) is 0 Å². The normalized spacial score (nSPS) is 21.2. The fourth-order valence-electron chi connectivity index (χ4n) is 1.33. The molecule has 0 bridgehead atoms. The van der Waals surface area contributed by atoms with E-state index in [0.717, 1.165) is 11.1 Å². The largest absolute Gasteiger partial charge is 0.510 e.